The van der Waals surface area contributed by atoms with E-state index < -0.39 is 5.97 Å². The first-order chi connectivity index (χ1) is 16.3. The molecule has 0 aromatic heterocycles. The van der Waals surface area contributed by atoms with Crippen molar-refractivity contribution in [2.24, 2.45) is 0 Å². The molecule has 0 radical (unpaired) electrons. The van der Waals surface area contributed by atoms with Gasteiger partial charge in [-0.25, -0.2) is 0 Å². The molecule has 0 saturated heterocycles. The monoisotopic (exact) mass is 480 g/mol. The van der Waals surface area contributed by atoms with Gasteiger partial charge in [0.05, 0.1) is 5.70 Å². The third kappa shape index (κ3) is 7.52. The van der Waals surface area contributed by atoms with E-state index >= 15 is 0 Å². The third-order valence-electron chi connectivity index (χ3n) is 5.44. The molecular formula is C27H29ClN2O4. The number of amides is 1. The minimum Gasteiger partial charge on any atom is -0.481 e. The van der Waals surface area contributed by atoms with Crippen molar-refractivity contribution in [2.45, 2.75) is 39.7 Å². The summed E-state index contributed by atoms with van der Waals surface area (Å²) in [5.41, 5.74) is 4.35. The van der Waals surface area contributed by atoms with Gasteiger partial charge in [0.1, 0.15) is 11.5 Å². The van der Waals surface area contributed by atoms with Crippen LogP contribution in [0.25, 0.3) is 0 Å². The van der Waals surface area contributed by atoms with Gasteiger partial charge in [0.15, 0.2) is 0 Å². The number of benzene rings is 2. The Morgan fingerprint density at radius 2 is 1.94 bits per heavy atom. The highest BCUT2D eigenvalue weighted by molar-refractivity contribution is 6.31. The normalized spacial score (nSPS) is 18.4. The molecule has 0 atom stereocenters. The van der Waals surface area contributed by atoms with Crippen LogP contribution in [-0.4, -0.2) is 23.5 Å². The quantitative estimate of drug-likeness (QED) is 0.473. The standard InChI is InChI=1S/C27H29ClN2O4/c1-18-8-11-22(28)6-4-14-29-26(18)27(33)30-17-20-5-3-7-23(16-20)34-24-12-9-21(19(2)15-24)10-13-25(31)32/h3-7,9,11-12,15-16,29H,8,10,13-14,17H2,1-2H3,(H,30,33)(H,31,32)/b6-4-,22-11+,26-18-. The number of allylic oxidation sites excluding steroid dienone is 4. The van der Waals surface area contributed by atoms with Crippen molar-refractivity contribution >= 4 is 23.5 Å². The highest BCUT2D eigenvalue weighted by atomic mass is 35.5. The average molecular weight is 481 g/mol. The minimum absolute atomic E-state index is 0.0991. The molecule has 0 bridgehead atoms. The van der Waals surface area contributed by atoms with Gasteiger partial charge >= 0.3 is 5.97 Å². The van der Waals surface area contributed by atoms with Crippen molar-refractivity contribution in [3.05, 3.63) is 93.7 Å². The number of carbonyl (C=O) groups excluding carboxylic acids is 1. The number of hydrogen-bond acceptors (Lipinski definition) is 4. The molecule has 0 fully saturated rings. The average Bonchev–Trinajstić information content (AvgIpc) is 2.88. The molecule has 2 aromatic carbocycles. The van der Waals surface area contributed by atoms with Crippen LogP contribution < -0.4 is 15.4 Å². The Bertz CT molecular complexity index is 1150. The summed E-state index contributed by atoms with van der Waals surface area (Å²) in [6.45, 7) is 4.73. The van der Waals surface area contributed by atoms with E-state index in [1.54, 1.807) is 0 Å². The van der Waals surface area contributed by atoms with E-state index in [1.165, 1.54) is 0 Å². The fourth-order valence-electron chi connectivity index (χ4n) is 3.56. The maximum atomic E-state index is 12.8. The number of carboxylic acid groups (broad SMARTS) is 1. The molecule has 1 aliphatic heterocycles. The zero-order valence-corrected chi connectivity index (χ0v) is 20.1. The van der Waals surface area contributed by atoms with Gasteiger partial charge in [-0.3, -0.25) is 9.59 Å². The lowest BCUT2D eigenvalue weighted by Gasteiger charge is -2.14. The Morgan fingerprint density at radius 3 is 2.71 bits per heavy atom. The molecule has 1 amide bonds. The van der Waals surface area contributed by atoms with Crippen LogP contribution >= 0.6 is 11.6 Å². The topological polar surface area (TPSA) is 87.7 Å². The molecular weight excluding hydrogens is 452 g/mol. The SMILES string of the molecule is C/C1=C(\C(=O)NCc2cccc(Oc3ccc(CCC(=O)O)c(C)c3)c2)NC/C=C\C(Cl)=C/C1. The fraction of sp³-hybridized carbons (Fsp3) is 0.259. The van der Waals surface area contributed by atoms with Crippen molar-refractivity contribution in [1.29, 1.82) is 0 Å². The maximum Gasteiger partial charge on any atom is 0.303 e. The number of aryl methyl sites for hydroxylation is 2. The summed E-state index contributed by atoms with van der Waals surface area (Å²) < 4.78 is 6.00. The Hall–Kier alpha value is -3.51. The van der Waals surface area contributed by atoms with Crippen LogP contribution in [0.1, 0.15) is 36.5 Å². The molecule has 2 aromatic rings. The predicted molar refractivity (Wildman–Crippen MR) is 134 cm³/mol. The van der Waals surface area contributed by atoms with Crippen LogP contribution in [0.4, 0.5) is 0 Å². The van der Waals surface area contributed by atoms with Crippen LogP contribution in [0, 0.1) is 6.92 Å². The zero-order valence-electron chi connectivity index (χ0n) is 19.4. The Labute approximate surface area is 205 Å². The Kier molecular flexibility index (Phi) is 8.93. The van der Waals surface area contributed by atoms with Crippen LogP contribution in [0.3, 0.4) is 0 Å². The fourth-order valence-corrected chi connectivity index (χ4v) is 3.72. The third-order valence-corrected chi connectivity index (χ3v) is 5.72. The molecule has 0 saturated carbocycles. The Morgan fingerprint density at radius 1 is 1.15 bits per heavy atom. The van der Waals surface area contributed by atoms with Crippen molar-refractivity contribution in [3.8, 4) is 11.5 Å². The molecule has 7 heteroatoms. The summed E-state index contributed by atoms with van der Waals surface area (Å²) in [5.74, 6) is 0.351. The molecule has 6 nitrogen and oxygen atoms in total. The lowest BCUT2D eigenvalue weighted by molar-refractivity contribution is -0.137. The molecule has 3 rings (SSSR count). The first-order valence-electron chi connectivity index (χ1n) is 11.1. The molecule has 1 aliphatic rings. The lowest BCUT2D eigenvalue weighted by Crippen LogP contribution is -2.32. The lowest BCUT2D eigenvalue weighted by atomic mass is 10.0. The van der Waals surface area contributed by atoms with Gasteiger partial charge in [0, 0.05) is 24.5 Å². The summed E-state index contributed by atoms with van der Waals surface area (Å²) in [7, 11) is 0. The van der Waals surface area contributed by atoms with Gasteiger partial charge in [-0.2, -0.15) is 0 Å². The first kappa shape index (κ1) is 25.1. The summed E-state index contributed by atoms with van der Waals surface area (Å²) in [4.78, 5) is 23.6. The number of rotatable bonds is 8. The van der Waals surface area contributed by atoms with E-state index in [0.717, 1.165) is 22.3 Å². The highest BCUT2D eigenvalue weighted by Crippen LogP contribution is 2.25. The summed E-state index contributed by atoms with van der Waals surface area (Å²) >= 11 is 6.10. The van der Waals surface area contributed by atoms with Gasteiger partial charge in [-0.1, -0.05) is 42.0 Å². The molecule has 1 heterocycles. The van der Waals surface area contributed by atoms with Gasteiger partial charge in [0.2, 0.25) is 0 Å². The van der Waals surface area contributed by atoms with Crippen molar-refractivity contribution in [1.82, 2.24) is 10.6 Å². The highest BCUT2D eigenvalue weighted by Gasteiger charge is 2.13. The van der Waals surface area contributed by atoms with Gasteiger partial charge < -0.3 is 20.5 Å². The van der Waals surface area contributed by atoms with Crippen LogP contribution in [0.15, 0.2) is 77.0 Å². The van der Waals surface area contributed by atoms with Crippen LogP contribution in [0.5, 0.6) is 11.5 Å². The first-order valence-corrected chi connectivity index (χ1v) is 11.5. The number of ether oxygens (including phenoxy) is 1. The Balaban J connectivity index is 1.62. The second kappa shape index (κ2) is 12.1. The number of halogens is 1. The van der Waals surface area contributed by atoms with Gasteiger partial charge in [-0.15, -0.1) is 0 Å². The van der Waals surface area contributed by atoms with E-state index in [1.807, 2.05) is 74.5 Å². The molecule has 34 heavy (non-hydrogen) atoms. The van der Waals surface area contributed by atoms with Crippen molar-refractivity contribution < 1.29 is 19.4 Å². The number of carbonyl (C=O) groups is 2. The molecule has 0 spiro atoms. The van der Waals surface area contributed by atoms with Crippen molar-refractivity contribution in [2.75, 3.05) is 6.54 Å². The molecule has 0 aliphatic carbocycles. The minimum atomic E-state index is -0.811. The van der Waals surface area contributed by atoms with E-state index in [0.29, 0.717) is 48.2 Å². The van der Waals surface area contributed by atoms with E-state index in [9.17, 15) is 9.59 Å². The summed E-state index contributed by atoms with van der Waals surface area (Å²) in [6.07, 6.45) is 6.76. The van der Waals surface area contributed by atoms with E-state index in [4.69, 9.17) is 21.4 Å². The largest absolute Gasteiger partial charge is 0.481 e. The second-order valence-corrected chi connectivity index (χ2v) is 8.58. The second-order valence-electron chi connectivity index (χ2n) is 8.15. The van der Waals surface area contributed by atoms with E-state index in [-0.39, 0.29) is 12.3 Å². The van der Waals surface area contributed by atoms with Gasteiger partial charge in [-0.05, 0) is 79.3 Å². The number of aliphatic carboxylic acids is 1. The van der Waals surface area contributed by atoms with Gasteiger partial charge in [0.25, 0.3) is 5.91 Å². The smallest absolute Gasteiger partial charge is 0.303 e. The molecule has 178 valence electrons. The zero-order chi connectivity index (χ0) is 24.5. The summed E-state index contributed by atoms with van der Waals surface area (Å²) in [5, 5.41) is 15.7. The molecule has 0 unspecified atom stereocenters. The number of hydrogen-bond donors (Lipinski definition) is 3. The number of nitrogens with one attached hydrogen (secondary N) is 2. The van der Waals surface area contributed by atoms with Crippen LogP contribution in [-0.2, 0) is 22.6 Å². The number of carboxylic acids is 1. The van der Waals surface area contributed by atoms with E-state index in [2.05, 4.69) is 10.6 Å². The maximum absolute atomic E-state index is 12.8. The predicted octanol–water partition coefficient (Wildman–Crippen LogP) is 5.37. The van der Waals surface area contributed by atoms with Crippen molar-refractivity contribution in [3.63, 3.8) is 0 Å². The van der Waals surface area contributed by atoms with Crippen LogP contribution in [0.2, 0.25) is 0 Å². The molecule has 3 N–H and O–H groups in total. The summed E-state index contributed by atoms with van der Waals surface area (Å²) in [6, 6.07) is 13.2.